The lowest BCUT2D eigenvalue weighted by Gasteiger charge is -2.41. The Morgan fingerprint density at radius 3 is 2.78 bits per heavy atom. The molecule has 0 N–H and O–H groups in total. The third-order valence-corrected chi connectivity index (χ3v) is 5.69. The van der Waals surface area contributed by atoms with Gasteiger partial charge in [-0.15, -0.1) is 0 Å². The minimum Gasteiger partial charge on any atom is -0.382 e. The Labute approximate surface area is 137 Å². The Kier molecular flexibility index (Phi) is 5.11. The van der Waals surface area contributed by atoms with E-state index in [0.29, 0.717) is 17.7 Å². The molecular weight excluding hydrogens is 316 g/mol. The van der Waals surface area contributed by atoms with Crippen LogP contribution in [0, 0.1) is 18.3 Å². The highest BCUT2D eigenvalue weighted by molar-refractivity contribution is 7.89. The molecule has 0 aromatic heterocycles. The van der Waals surface area contributed by atoms with Crippen LogP contribution in [0.15, 0.2) is 23.1 Å². The maximum absolute atomic E-state index is 13.0. The standard InChI is InChI=1S/C16H22N2O4S/c1-12-5-6-13(8-17)7-15(12)23(19,20)18-9-14(10-21-4)22-16(2,3)11-18/h5-7,14H,9-11H2,1-4H3/t14-/m0/s1. The molecule has 1 heterocycles. The molecule has 7 heteroatoms. The highest BCUT2D eigenvalue weighted by Crippen LogP contribution is 2.28. The molecule has 0 unspecified atom stereocenters. The molecule has 6 nitrogen and oxygen atoms in total. The molecule has 1 aliphatic heterocycles. The van der Waals surface area contributed by atoms with Crippen LogP contribution in [0.25, 0.3) is 0 Å². The van der Waals surface area contributed by atoms with Crippen LogP contribution >= 0.6 is 0 Å². The summed E-state index contributed by atoms with van der Waals surface area (Å²) in [5.41, 5.74) is 0.349. The zero-order chi connectivity index (χ0) is 17.3. The zero-order valence-electron chi connectivity index (χ0n) is 13.9. The van der Waals surface area contributed by atoms with Crippen molar-refractivity contribution in [3.63, 3.8) is 0 Å². The number of nitriles is 1. The average molecular weight is 338 g/mol. The monoisotopic (exact) mass is 338 g/mol. The van der Waals surface area contributed by atoms with E-state index in [1.807, 2.05) is 19.9 Å². The van der Waals surface area contributed by atoms with E-state index in [-0.39, 0.29) is 24.1 Å². The van der Waals surface area contributed by atoms with Gasteiger partial charge >= 0.3 is 0 Å². The normalized spacial score (nSPS) is 21.8. The second-order valence-electron chi connectivity index (χ2n) is 6.34. The Hall–Kier alpha value is -1.46. The van der Waals surface area contributed by atoms with Crippen LogP contribution in [-0.2, 0) is 19.5 Å². The first-order valence-corrected chi connectivity index (χ1v) is 8.81. The van der Waals surface area contributed by atoms with Crippen LogP contribution in [0.2, 0.25) is 0 Å². The van der Waals surface area contributed by atoms with Gasteiger partial charge in [0.1, 0.15) is 0 Å². The van der Waals surface area contributed by atoms with Gasteiger partial charge in [0.15, 0.2) is 0 Å². The fraction of sp³-hybridized carbons (Fsp3) is 0.562. The van der Waals surface area contributed by atoms with Gasteiger partial charge in [-0.05, 0) is 38.5 Å². The molecule has 0 aliphatic carbocycles. The maximum atomic E-state index is 13.0. The topological polar surface area (TPSA) is 79.6 Å². The number of aryl methyl sites for hydroxylation is 1. The number of hydrogen-bond donors (Lipinski definition) is 0. The van der Waals surface area contributed by atoms with Crippen LogP contribution in [0.3, 0.4) is 0 Å². The van der Waals surface area contributed by atoms with Gasteiger partial charge in [0.2, 0.25) is 10.0 Å². The number of sulfonamides is 1. The van der Waals surface area contributed by atoms with E-state index >= 15 is 0 Å². The molecular formula is C16H22N2O4S. The van der Waals surface area contributed by atoms with Crippen molar-refractivity contribution in [1.82, 2.24) is 4.31 Å². The number of nitrogens with zero attached hydrogens (tertiary/aromatic N) is 2. The lowest BCUT2D eigenvalue weighted by molar-refractivity contribution is -0.135. The molecule has 0 amide bonds. The van der Waals surface area contributed by atoms with Gasteiger partial charge in [0, 0.05) is 20.2 Å². The summed E-state index contributed by atoms with van der Waals surface area (Å²) in [6, 6.07) is 6.69. The zero-order valence-corrected chi connectivity index (χ0v) is 14.7. The first-order chi connectivity index (χ1) is 10.7. The number of rotatable bonds is 4. The van der Waals surface area contributed by atoms with Crippen molar-refractivity contribution in [2.75, 3.05) is 26.8 Å². The molecule has 1 aromatic carbocycles. The Balaban J connectivity index is 2.40. The predicted octanol–water partition coefficient (Wildman–Crippen LogP) is 1.68. The van der Waals surface area contributed by atoms with Crippen molar-refractivity contribution in [2.45, 2.75) is 37.4 Å². The Morgan fingerprint density at radius 1 is 1.48 bits per heavy atom. The molecule has 0 bridgehead atoms. The summed E-state index contributed by atoms with van der Waals surface area (Å²) in [6.07, 6.45) is -0.321. The number of morpholine rings is 1. The predicted molar refractivity (Wildman–Crippen MR) is 85.5 cm³/mol. The van der Waals surface area contributed by atoms with Gasteiger partial charge in [-0.2, -0.15) is 9.57 Å². The highest BCUT2D eigenvalue weighted by atomic mass is 32.2. The smallest absolute Gasteiger partial charge is 0.243 e. The van der Waals surface area contributed by atoms with E-state index in [1.165, 1.54) is 10.4 Å². The van der Waals surface area contributed by atoms with Crippen molar-refractivity contribution in [1.29, 1.82) is 5.26 Å². The van der Waals surface area contributed by atoms with Crippen molar-refractivity contribution in [2.24, 2.45) is 0 Å². The Bertz CT molecular complexity index is 722. The summed E-state index contributed by atoms with van der Waals surface area (Å²) < 4.78 is 38.5. The first-order valence-electron chi connectivity index (χ1n) is 7.37. The fourth-order valence-electron chi connectivity index (χ4n) is 2.78. The van der Waals surface area contributed by atoms with Gasteiger partial charge < -0.3 is 9.47 Å². The highest BCUT2D eigenvalue weighted by Gasteiger charge is 2.39. The second kappa shape index (κ2) is 6.57. The van der Waals surface area contributed by atoms with E-state index in [2.05, 4.69) is 0 Å². The third kappa shape index (κ3) is 3.90. The minimum absolute atomic E-state index is 0.172. The molecule has 1 fully saturated rings. The molecule has 23 heavy (non-hydrogen) atoms. The van der Waals surface area contributed by atoms with Crippen molar-refractivity contribution in [3.05, 3.63) is 29.3 Å². The average Bonchev–Trinajstić information content (AvgIpc) is 2.46. The third-order valence-electron chi connectivity index (χ3n) is 3.74. The van der Waals surface area contributed by atoms with Gasteiger partial charge in [-0.25, -0.2) is 8.42 Å². The van der Waals surface area contributed by atoms with Gasteiger partial charge in [-0.1, -0.05) is 6.07 Å². The van der Waals surface area contributed by atoms with Crippen molar-refractivity contribution >= 4 is 10.0 Å². The van der Waals surface area contributed by atoms with Gasteiger partial charge in [0.05, 0.1) is 34.8 Å². The summed E-state index contributed by atoms with van der Waals surface area (Å²) in [4.78, 5) is 0.172. The fourth-order valence-corrected chi connectivity index (χ4v) is 4.66. The summed E-state index contributed by atoms with van der Waals surface area (Å²) >= 11 is 0. The van der Waals surface area contributed by atoms with E-state index in [4.69, 9.17) is 14.7 Å². The van der Waals surface area contributed by atoms with E-state index in [0.717, 1.165) is 0 Å². The maximum Gasteiger partial charge on any atom is 0.243 e. The van der Waals surface area contributed by atoms with Gasteiger partial charge in [0.25, 0.3) is 0 Å². The summed E-state index contributed by atoms with van der Waals surface area (Å²) in [5.74, 6) is 0. The van der Waals surface area contributed by atoms with Crippen LogP contribution in [0.5, 0.6) is 0 Å². The van der Waals surface area contributed by atoms with Crippen LogP contribution < -0.4 is 0 Å². The summed E-state index contributed by atoms with van der Waals surface area (Å²) in [7, 11) is -2.14. The van der Waals surface area contributed by atoms with Crippen molar-refractivity contribution < 1.29 is 17.9 Å². The number of benzene rings is 1. The van der Waals surface area contributed by atoms with E-state index in [1.54, 1.807) is 26.2 Å². The number of methoxy groups -OCH3 is 1. The molecule has 1 aromatic rings. The molecule has 1 saturated heterocycles. The van der Waals surface area contributed by atoms with Crippen molar-refractivity contribution in [3.8, 4) is 6.07 Å². The summed E-state index contributed by atoms with van der Waals surface area (Å²) in [5, 5.41) is 9.03. The molecule has 126 valence electrons. The largest absolute Gasteiger partial charge is 0.382 e. The SMILES string of the molecule is COC[C@@H]1CN(S(=O)(=O)c2cc(C#N)ccc2C)CC(C)(C)O1. The second-order valence-corrected chi connectivity index (χ2v) is 8.25. The van der Waals surface area contributed by atoms with Crippen LogP contribution in [0.1, 0.15) is 25.0 Å². The van der Waals surface area contributed by atoms with E-state index < -0.39 is 15.6 Å². The van der Waals surface area contributed by atoms with Crippen LogP contribution in [0.4, 0.5) is 0 Å². The van der Waals surface area contributed by atoms with Crippen LogP contribution in [-0.4, -0.2) is 51.2 Å². The molecule has 0 saturated carbocycles. The molecule has 0 radical (unpaired) electrons. The lowest BCUT2D eigenvalue weighted by Crippen LogP contribution is -2.55. The van der Waals surface area contributed by atoms with E-state index in [9.17, 15) is 8.42 Å². The first kappa shape index (κ1) is 17.9. The lowest BCUT2D eigenvalue weighted by atomic mass is 10.1. The molecule has 1 aliphatic rings. The number of hydrogen-bond acceptors (Lipinski definition) is 5. The number of ether oxygens (including phenoxy) is 2. The molecule has 2 rings (SSSR count). The molecule has 1 atom stereocenters. The minimum atomic E-state index is -3.70. The quantitative estimate of drug-likeness (QED) is 0.834. The van der Waals surface area contributed by atoms with Gasteiger partial charge in [-0.3, -0.25) is 0 Å². The Morgan fingerprint density at radius 2 is 2.17 bits per heavy atom. The molecule has 0 spiro atoms. The summed E-state index contributed by atoms with van der Waals surface area (Å²) in [6.45, 7) is 6.26.